The lowest BCUT2D eigenvalue weighted by Crippen LogP contribution is -2.31. The zero-order valence-electron chi connectivity index (χ0n) is 20.0. The Labute approximate surface area is 194 Å². The summed E-state index contributed by atoms with van der Waals surface area (Å²) < 4.78 is 19.1. The van der Waals surface area contributed by atoms with Gasteiger partial charge in [-0.1, -0.05) is 6.07 Å². The summed E-state index contributed by atoms with van der Waals surface area (Å²) in [6.45, 7) is 5.72. The molecule has 0 spiro atoms. The Balaban J connectivity index is 1.39. The van der Waals surface area contributed by atoms with E-state index in [1.165, 1.54) is 12.8 Å². The molecule has 0 aliphatic heterocycles. The van der Waals surface area contributed by atoms with Crippen LogP contribution in [-0.2, 0) is 11.8 Å². The number of aromatic nitrogens is 3. The number of hydrogen-bond acceptors (Lipinski definition) is 6. The van der Waals surface area contributed by atoms with Crippen LogP contribution < -0.4 is 19.5 Å². The van der Waals surface area contributed by atoms with E-state index >= 15 is 0 Å². The van der Waals surface area contributed by atoms with Crippen LogP contribution in [0.15, 0.2) is 24.3 Å². The van der Waals surface area contributed by atoms with E-state index in [1.807, 2.05) is 52.1 Å². The average Bonchev–Trinajstić information content (AvgIpc) is 3.40. The van der Waals surface area contributed by atoms with E-state index in [0.717, 1.165) is 46.4 Å². The predicted octanol–water partition coefficient (Wildman–Crippen LogP) is 4.17. The second kappa shape index (κ2) is 9.68. The molecule has 1 aliphatic rings. The summed E-state index contributed by atoms with van der Waals surface area (Å²) >= 11 is 0. The molecular formula is C25H32N4O4. The Morgan fingerprint density at radius 3 is 2.70 bits per heavy atom. The van der Waals surface area contributed by atoms with Crippen molar-refractivity contribution in [2.75, 3.05) is 13.7 Å². The highest BCUT2D eigenvalue weighted by Crippen LogP contribution is 2.34. The van der Waals surface area contributed by atoms with Gasteiger partial charge in [0.25, 0.3) is 5.91 Å². The van der Waals surface area contributed by atoms with Gasteiger partial charge in [-0.3, -0.25) is 4.79 Å². The van der Waals surface area contributed by atoms with Gasteiger partial charge in [-0.15, -0.1) is 5.10 Å². The Bertz CT molecular complexity index is 1150. The molecule has 0 saturated heterocycles. The fourth-order valence-corrected chi connectivity index (χ4v) is 4.39. The van der Waals surface area contributed by atoms with Crippen LogP contribution in [0.25, 0.3) is 11.0 Å². The molecular weight excluding hydrogens is 420 g/mol. The van der Waals surface area contributed by atoms with Gasteiger partial charge in [0.2, 0.25) is 5.88 Å². The number of benzene rings is 1. The zero-order chi connectivity index (χ0) is 23.5. The van der Waals surface area contributed by atoms with Crippen molar-refractivity contribution in [2.24, 2.45) is 7.05 Å². The van der Waals surface area contributed by atoms with Crippen molar-refractivity contribution in [3.63, 3.8) is 0 Å². The van der Waals surface area contributed by atoms with Crippen LogP contribution in [0.3, 0.4) is 0 Å². The molecule has 1 amide bonds. The van der Waals surface area contributed by atoms with Crippen LogP contribution in [0.1, 0.15) is 55.5 Å². The highest BCUT2D eigenvalue weighted by Gasteiger charge is 2.20. The van der Waals surface area contributed by atoms with Gasteiger partial charge in [-0.05, 0) is 75.8 Å². The Morgan fingerprint density at radius 1 is 1.21 bits per heavy atom. The number of methoxy groups -OCH3 is 1. The molecule has 8 nitrogen and oxygen atoms in total. The maximum atomic E-state index is 12.6. The Hall–Kier alpha value is -3.29. The van der Waals surface area contributed by atoms with Crippen LogP contribution in [0.5, 0.6) is 17.4 Å². The summed E-state index contributed by atoms with van der Waals surface area (Å²) in [5.41, 5.74) is 3.60. The predicted molar refractivity (Wildman–Crippen MR) is 126 cm³/mol. The van der Waals surface area contributed by atoms with Crippen molar-refractivity contribution in [2.45, 2.75) is 58.6 Å². The number of aryl methyl sites for hydroxylation is 3. The molecule has 1 N–H and O–H groups in total. The first-order valence-electron chi connectivity index (χ1n) is 11.4. The van der Waals surface area contributed by atoms with E-state index in [9.17, 15) is 4.79 Å². The van der Waals surface area contributed by atoms with Crippen LogP contribution in [0, 0.1) is 13.8 Å². The van der Waals surface area contributed by atoms with Crippen LogP contribution >= 0.6 is 0 Å². The third-order valence-electron chi connectivity index (χ3n) is 6.09. The molecule has 1 aromatic carbocycles. The van der Waals surface area contributed by atoms with E-state index in [4.69, 9.17) is 14.2 Å². The van der Waals surface area contributed by atoms with E-state index in [-0.39, 0.29) is 24.7 Å². The van der Waals surface area contributed by atoms with Gasteiger partial charge < -0.3 is 19.5 Å². The number of amides is 1. The first-order valence-corrected chi connectivity index (χ1v) is 11.4. The maximum absolute atomic E-state index is 12.6. The van der Waals surface area contributed by atoms with Gasteiger partial charge in [-0.25, -0.2) is 9.67 Å². The monoisotopic (exact) mass is 452 g/mol. The maximum Gasteiger partial charge on any atom is 0.258 e. The van der Waals surface area contributed by atoms with Gasteiger partial charge in [-0.2, -0.15) is 0 Å². The van der Waals surface area contributed by atoms with Crippen molar-refractivity contribution in [1.29, 1.82) is 0 Å². The second-order valence-corrected chi connectivity index (χ2v) is 8.72. The standard InChI is InChI=1S/C25H32N4O4/c1-15-12-16(2)26-24-23(15)25(28-29(24)4)32-14-22(30)27-17(3)18-10-11-20(21(13-18)31-5)33-19-8-6-7-9-19/h10-13,17,19H,6-9,14H2,1-5H3,(H,27,30). The number of rotatable bonds is 8. The molecule has 4 rings (SSSR count). The van der Waals surface area contributed by atoms with E-state index < -0.39 is 0 Å². The van der Waals surface area contributed by atoms with Gasteiger partial charge in [0.1, 0.15) is 0 Å². The molecule has 1 unspecified atom stereocenters. The minimum atomic E-state index is -0.232. The molecule has 33 heavy (non-hydrogen) atoms. The highest BCUT2D eigenvalue weighted by molar-refractivity contribution is 5.85. The van der Waals surface area contributed by atoms with Crippen molar-refractivity contribution in [1.82, 2.24) is 20.1 Å². The van der Waals surface area contributed by atoms with E-state index in [1.54, 1.807) is 11.8 Å². The van der Waals surface area contributed by atoms with Crippen molar-refractivity contribution < 1.29 is 19.0 Å². The number of hydrogen-bond donors (Lipinski definition) is 1. The molecule has 0 bridgehead atoms. The molecule has 8 heteroatoms. The molecule has 1 saturated carbocycles. The van der Waals surface area contributed by atoms with Gasteiger partial charge in [0.15, 0.2) is 23.8 Å². The molecule has 3 aromatic rings. The summed E-state index contributed by atoms with van der Waals surface area (Å²) in [4.78, 5) is 17.1. The van der Waals surface area contributed by atoms with Gasteiger partial charge >= 0.3 is 0 Å². The summed E-state index contributed by atoms with van der Waals surface area (Å²) in [5.74, 6) is 1.60. The largest absolute Gasteiger partial charge is 0.493 e. The lowest BCUT2D eigenvalue weighted by molar-refractivity contribution is -0.123. The van der Waals surface area contributed by atoms with E-state index in [0.29, 0.717) is 11.6 Å². The molecule has 2 heterocycles. The quantitative estimate of drug-likeness (QED) is 0.552. The fraction of sp³-hybridized carbons (Fsp3) is 0.480. The van der Waals surface area contributed by atoms with Gasteiger partial charge in [0, 0.05) is 12.7 Å². The summed E-state index contributed by atoms with van der Waals surface area (Å²) in [6, 6.07) is 7.56. The number of carbonyl (C=O) groups excluding carboxylic acids is 1. The minimum Gasteiger partial charge on any atom is -0.493 e. The number of carbonyl (C=O) groups is 1. The molecule has 2 aromatic heterocycles. The number of nitrogens with zero attached hydrogens (tertiary/aromatic N) is 3. The first kappa shape index (κ1) is 22.9. The van der Waals surface area contributed by atoms with Crippen LogP contribution in [-0.4, -0.2) is 40.5 Å². The number of ether oxygens (including phenoxy) is 3. The number of nitrogens with one attached hydrogen (secondary N) is 1. The van der Waals surface area contributed by atoms with E-state index in [2.05, 4.69) is 15.4 Å². The Kier molecular flexibility index (Phi) is 6.72. The van der Waals surface area contributed by atoms with Crippen LogP contribution in [0.4, 0.5) is 0 Å². The number of fused-ring (bicyclic) bond motifs is 1. The smallest absolute Gasteiger partial charge is 0.258 e. The summed E-state index contributed by atoms with van der Waals surface area (Å²) in [7, 11) is 3.45. The van der Waals surface area contributed by atoms with Crippen LogP contribution in [0.2, 0.25) is 0 Å². The summed E-state index contributed by atoms with van der Waals surface area (Å²) in [6.07, 6.45) is 4.83. The zero-order valence-corrected chi connectivity index (χ0v) is 20.0. The minimum absolute atomic E-state index is 0.135. The molecule has 1 aliphatic carbocycles. The molecule has 176 valence electrons. The second-order valence-electron chi connectivity index (χ2n) is 8.72. The third-order valence-corrected chi connectivity index (χ3v) is 6.09. The SMILES string of the molecule is COc1cc(C(C)NC(=O)COc2nn(C)c3nc(C)cc(C)c23)ccc1OC1CCCC1. The van der Waals surface area contributed by atoms with Crippen molar-refractivity contribution in [3.05, 3.63) is 41.1 Å². The highest BCUT2D eigenvalue weighted by atomic mass is 16.5. The topological polar surface area (TPSA) is 87.5 Å². The lowest BCUT2D eigenvalue weighted by Gasteiger charge is -2.19. The normalized spacial score (nSPS) is 14.9. The summed E-state index contributed by atoms with van der Waals surface area (Å²) in [5, 5.41) is 8.20. The fourth-order valence-electron chi connectivity index (χ4n) is 4.39. The van der Waals surface area contributed by atoms with Gasteiger partial charge in [0.05, 0.1) is 24.6 Å². The average molecular weight is 453 g/mol. The lowest BCUT2D eigenvalue weighted by atomic mass is 10.1. The Morgan fingerprint density at radius 2 is 1.97 bits per heavy atom. The van der Waals surface area contributed by atoms with Crippen molar-refractivity contribution >= 4 is 16.9 Å². The first-order chi connectivity index (χ1) is 15.9. The molecule has 1 fully saturated rings. The third kappa shape index (κ3) is 5.05. The molecule has 0 radical (unpaired) electrons. The van der Waals surface area contributed by atoms with Crippen molar-refractivity contribution in [3.8, 4) is 17.4 Å². The molecule has 1 atom stereocenters. The number of pyridine rings is 1.